The smallest absolute Gasteiger partial charge is 0.203 e. The van der Waals surface area contributed by atoms with Crippen molar-refractivity contribution in [1.29, 1.82) is 0 Å². The molecule has 0 aliphatic rings. The monoisotopic (exact) mass is 283 g/mol. The summed E-state index contributed by atoms with van der Waals surface area (Å²) in [6.07, 6.45) is -0.464. The zero-order chi connectivity index (χ0) is 15.3. The summed E-state index contributed by atoms with van der Waals surface area (Å²) in [4.78, 5) is 0. The lowest BCUT2D eigenvalue weighted by Crippen LogP contribution is -2.47. The van der Waals surface area contributed by atoms with Crippen molar-refractivity contribution in [3.05, 3.63) is 17.7 Å². The highest BCUT2D eigenvalue weighted by Crippen LogP contribution is 2.39. The largest absolute Gasteiger partial charge is 0.493 e. The van der Waals surface area contributed by atoms with Gasteiger partial charge in [-0.3, -0.25) is 0 Å². The van der Waals surface area contributed by atoms with Crippen LogP contribution in [0, 0.1) is 0 Å². The quantitative estimate of drug-likeness (QED) is 0.801. The fourth-order valence-corrected chi connectivity index (χ4v) is 1.77. The summed E-state index contributed by atoms with van der Waals surface area (Å²) in [5.41, 5.74) is 0.553. The third-order valence-electron chi connectivity index (χ3n) is 3.56. The van der Waals surface area contributed by atoms with Crippen LogP contribution in [0.25, 0.3) is 0 Å². The number of ether oxygens (including phenoxy) is 3. The molecule has 0 heterocycles. The van der Waals surface area contributed by atoms with Gasteiger partial charge >= 0.3 is 0 Å². The molecular weight excluding hydrogens is 258 g/mol. The van der Waals surface area contributed by atoms with Crippen LogP contribution in [-0.4, -0.2) is 38.1 Å². The second-order valence-corrected chi connectivity index (χ2v) is 5.24. The molecule has 0 aliphatic heterocycles. The molecule has 0 saturated carbocycles. The van der Waals surface area contributed by atoms with E-state index in [0.29, 0.717) is 23.8 Å². The van der Waals surface area contributed by atoms with E-state index < -0.39 is 11.6 Å². The van der Waals surface area contributed by atoms with Gasteiger partial charge in [-0.05, 0) is 26.8 Å². The van der Waals surface area contributed by atoms with Crippen molar-refractivity contribution >= 4 is 0 Å². The minimum Gasteiger partial charge on any atom is -0.493 e. The molecule has 114 valence electrons. The molecule has 5 nitrogen and oxygen atoms in total. The van der Waals surface area contributed by atoms with Crippen LogP contribution in [-0.2, 0) is 6.54 Å². The molecule has 1 atom stereocenters. The molecule has 0 aromatic heterocycles. The van der Waals surface area contributed by atoms with Gasteiger partial charge in [0.05, 0.1) is 27.4 Å². The summed E-state index contributed by atoms with van der Waals surface area (Å²) < 4.78 is 16.0. The highest BCUT2D eigenvalue weighted by atomic mass is 16.5. The van der Waals surface area contributed by atoms with E-state index in [9.17, 15) is 5.11 Å². The van der Waals surface area contributed by atoms with Gasteiger partial charge in [0.25, 0.3) is 0 Å². The van der Waals surface area contributed by atoms with Crippen LogP contribution < -0.4 is 19.5 Å². The first-order valence-electron chi connectivity index (χ1n) is 6.58. The molecule has 0 spiro atoms. The highest BCUT2D eigenvalue weighted by Gasteiger charge is 2.24. The van der Waals surface area contributed by atoms with Gasteiger partial charge in [-0.1, -0.05) is 6.07 Å². The van der Waals surface area contributed by atoms with E-state index in [2.05, 4.69) is 5.32 Å². The van der Waals surface area contributed by atoms with Gasteiger partial charge in [0, 0.05) is 17.6 Å². The van der Waals surface area contributed by atoms with Crippen LogP contribution in [0.3, 0.4) is 0 Å². The number of nitrogens with one attached hydrogen (secondary N) is 1. The fraction of sp³-hybridized carbons (Fsp3) is 0.600. The van der Waals surface area contributed by atoms with E-state index >= 15 is 0 Å². The minimum atomic E-state index is -0.464. The fourth-order valence-electron chi connectivity index (χ4n) is 1.77. The molecule has 1 rings (SSSR count). The lowest BCUT2D eigenvalue weighted by atomic mass is 9.98. The summed E-state index contributed by atoms with van der Waals surface area (Å²) in [7, 11) is 4.77. The first-order chi connectivity index (χ1) is 9.37. The Morgan fingerprint density at radius 2 is 1.70 bits per heavy atom. The Kier molecular flexibility index (Phi) is 5.65. The second-order valence-electron chi connectivity index (χ2n) is 5.24. The van der Waals surface area contributed by atoms with Crippen LogP contribution in [0.15, 0.2) is 12.1 Å². The molecule has 0 amide bonds. The number of aliphatic hydroxyl groups is 1. The molecule has 0 radical (unpaired) electrons. The Morgan fingerprint density at radius 1 is 1.10 bits per heavy atom. The molecule has 1 aromatic rings. The molecule has 2 N–H and O–H groups in total. The molecule has 0 bridgehead atoms. The molecule has 0 aliphatic carbocycles. The standard InChI is InChI=1S/C15H25NO4/c1-10(17)15(2,3)16-9-11-7-8-12(18-4)14(20-6)13(11)19-5/h7-8,10,16-17H,9H2,1-6H3. The Morgan fingerprint density at radius 3 is 2.15 bits per heavy atom. The van der Waals surface area contributed by atoms with Gasteiger partial charge in [0.2, 0.25) is 5.75 Å². The van der Waals surface area contributed by atoms with E-state index in [1.165, 1.54) is 0 Å². The zero-order valence-electron chi connectivity index (χ0n) is 13.1. The summed E-state index contributed by atoms with van der Waals surface area (Å²) >= 11 is 0. The maximum Gasteiger partial charge on any atom is 0.203 e. The van der Waals surface area contributed by atoms with Gasteiger partial charge in [-0.2, -0.15) is 0 Å². The number of benzene rings is 1. The third-order valence-corrected chi connectivity index (χ3v) is 3.56. The van der Waals surface area contributed by atoms with Crippen molar-refractivity contribution < 1.29 is 19.3 Å². The number of hydrogen-bond donors (Lipinski definition) is 2. The molecule has 0 fully saturated rings. The molecule has 1 aromatic carbocycles. The van der Waals surface area contributed by atoms with Gasteiger partial charge < -0.3 is 24.6 Å². The van der Waals surface area contributed by atoms with Crippen LogP contribution in [0.1, 0.15) is 26.3 Å². The maximum absolute atomic E-state index is 9.73. The van der Waals surface area contributed by atoms with E-state index in [0.717, 1.165) is 5.56 Å². The highest BCUT2D eigenvalue weighted by molar-refractivity contribution is 5.55. The second kappa shape index (κ2) is 6.81. The lowest BCUT2D eigenvalue weighted by molar-refractivity contribution is 0.0954. The number of hydrogen-bond acceptors (Lipinski definition) is 5. The SMILES string of the molecule is COc1ccc(CNC(C)(C)C(C)O)c(OC)c1OC. The van der Waals surface area contributed by atoms with Gasteiger partial charge in [-0.15, -0.1) is 0 Å². The third kappa shape index (κ3) is 3.55. The first-order valence-corrected chi connectivity index (χ1v) is 6.58. The van der Waals surface area contributed by atoms with Crippen molar-refractivity contribution in [3.8, 4) is 17.2 Å². The van der Waals surface area contributed by atoms with E-state index in [1.54, 1.807) is 28.3 Å². The van der Waals surface area contributed by atoms with Crippen LogP contribution in [0.5, 0.6) is 17.2 Å². The molecule has 1 unspecified atom stereocenters. The zero-order valence-corrected chi connectivity index (χ0v) is 13.1. The van der Waals surface area contributed by atoms with Crippen molar-refractivity contribution in [3.63, 3.8) is 0 Å². The number of rotatable bonds is 7. The van der Waals surface area contributed by atoms with Crippen LogP contribution >= 0.6 is 0 Å². The number of aliphatic hydroxyl groups excluding tert-OH is 1. The average molecular weight is 283 g/mol. The van der Waals surface area contributed by atoms with Gasteiger partial charge in [-0.25, -0.2) is 0 Å². The summed E-state index contributed by atoms with van der Waals surface area (Å²) in [6.45, 7) is 6.22. The maximum atomic E-state index is 9.73. The lowest BCUT2D eigenvalue weighted by Gasteiger charge is -2.30. The summed E-state index contributed by atoms with van der Waals surface area (Å²) in [5.74, 6) is 1.84. The first kappa shape index (κ1) is 16.6. The van der Waals surface area contributed by atoms with Crippen molar-refractivity contribution in [2.45, 2.75) is 39.0 Å². The van der Waals surface area contributed by atoms with Crippen molar-refractivity contribution in [2.24, 2.45) is 0 Å². The van der Waals surface area contributed by atoms with Crippen molar-refractivity contribution in [1.82, 2.24) is 5.32 Å². The molecular formula is C15H25NO4. The van der Waals surface area contributed by atoms with Crippen LogP contribution in [0.2, 0.25) is 0 Å². The topological polar surface area (TPSA) is 60.0 Å². The van der Waals surface area contributed by atoms with E-state index in [4.69, 9.17) is 14.2 Å². The Hall–Kier alpha value is -1.46. The predicted octanol–water partition coefficient (Wildman–Crippen LogP) is 1.96. The number of methoxy groups -OCH3 is 3. The minimum absolute atomic E-state index is 0.391. The van der Waals surface area contributed by atoms with Crippen LogP contribution in [0.4, 0.5) is 0 Å². The summed E-state index contributed by atoms with van der Waals surface area (Å²) in [5, 5.41) is 13.0. The van der Waals surface area contributed by atoms with Gasteiger partial charge in [0.1, 0.15) is 0 Å². The summed E-state index contributed by atoms with van der Waals surface area (Å²) in [6, 6.07) is 3.76. The van der Waals surface area contributed by atoms with E-state index in [1.807, 2.05) is 26.0 Å². The molecule has 0 saturated heterocycles. The Balaban J connectivity index is 3.02. The average Bonchev–Trinajstić information content (AvgIpc) is 2.43. The Bertz CT molecular complexity index is 444. The van der Waals surface area contributed by atoms with Crippen molar-refractivity contribution in [2.75, 3.05) is 21.3 Å². The van der Waals surface area contributed by atoms with E-state index in [-0.39, 0.29) is 0 Å². The molecule has 5 heteroatoms. The van der Waals surface area contributed by atoms with Gasteiger partial charge in [0.15, 0.2) is 11.5 Å². The molecule has 20 heavy (non-hydrogen) atoms. The predicted molar refractivity (Wildman–Crippen MR) is 78.7 cm³/mol. The Labute approximate surface area is 120 Å². The normalized spacial score (nSPS) is 12.9.